The molecule has 0 aromatic heterocycles. The average Bonchev–Trinajstić information content (AvgIpc) is 2.54. The monoisotopic (exact) mass is 330 g/mol. The third kappa shape index (κ3) is 5.68. The number of carbonyl (C=O) groups excluding carboxylic acids is 1. The first kappa shape index (κ1) is 18.5. The summed E-state index contributed by atoms with van der Waals surface area (Å²) in [5.41, 5.74) is 1.03. The predicted octanol–water partition coefficient (Wildman–Crippen LogP) is 3.98. The van der Waals surface area contributed by atoms with Gasteiger partial charge in [0.15, 0.2) is 0 Å². The summed E-state index contributed by atoms with van der Waals surface area (Å²) in [5.74, 6) is 0.514. The van der Waals surface area contributed by atoms with Gasteiger partial charge in [0.05, 0.1) is 0 Å². The zero-order valence-corrected chi connectivity index (χ0v) is 15.1. The summed E-state index contributed by atoms with van der Waals surface area (Å²) in [7, 11) is 0. The Balaban J connectivity index is 1.93. The smallest absolute Gasteiger partial charge is 0.410 e. The maximum atomic E-state index is 12.4. The fourth-order valence-electron chi connectivity index (χ4n) is 3.19. The number of hydrogen-bond donors (Lipinski definition) is 1. The van der Waals surface area contributed by atoms with Crippen LogP contribution >= 0.6 is 0 Å². The number of piperidine rings is 1. The Morgan fingerprint density at radius 3 is 2.71 bits per heavy atom. The van der Waals surface area contributed by atoms with Gasteiger partial charge in [-0.15, -0.1) is 6.58 Å². The lowest BCUT2D eigenvalue weighted by Crippen LogP contribution is -2.57. The molecular weight excluding hydrogens is 300 g/mol. The zero-order chi connectivity index (χ0) is 17.6. The van der Waals surface area contributed by atoms with Crippen molar-refractivity contribution < 1.29 is 9.53 Å². The van der Waals surface area contributed by atoms with Crippen LogP contribution in [-0.4, -0.2) is 35.7 Å². The molecule has 2 rings (SSSR count). The first-order valence-corrected chi connectivity index (χ1v) is 8.73. The molecule has 24 heavy (non-hydrogen) atoms. The lowest BCUT2D eigenvalue weighted by atomic mass is 9.87. The van der Waals surface area contributed by atoms with Crippen LogP contribution in [0.5, 0.6) is 0 Å². The number of carbonyl (C=O) groups is 1. The number of hydrogen-bond acceptors (Lipinski definition) is 3. The van der Waals surface area contributed by atoms with Gasteiger partial charge in [-0.3, -0.25) is 0 Å². The molecule has 1 N–H and O–H groups in total. The minimum Gasteiger partial charge on any atom is -0.445 e. The molecule has 132 valence electrons. The van der Waals surface area contributed by atoms with E-state index in [4.69, 9.17) is 4.74 Å². The van der Waals surface area contributed by atoms with E-state index < -0.39 is 0 Å². The van der Waals surface area contributed by atoms with Crippen molar-refractivity contribution in [1.29, 1.82) is 0 Å². The van der Waals surface area contributed by atoms with Gasteiger partial charge in [-0.25, -0.2) is 4.79 Å². The van der Waals surface area contributed by atoms with Crippen molar-refractivity contribution in [2.45, 2.75) is 51.8 Å². The molecule has 0 spiro atoms. The van der Waals surface area contributed by atoms with Gasteiger partial charge in [0, 0.05) is 24.7 Å². The number of rotatable bonds is 5. The molecule has 4 nitrogen and oxygen atoms in total. The molecule has 0 saturated carbocycles. The largest absolute Gasteiger partial charge is 0.445 e. The van der Waals surface area contributed by atoms with Crippen molar-refractivity contribution in [3.8, 4) is 0 Å². The van der Waals surface area contributed by atoms with Crippen LogP contribution in [0.3, 0.4) is 0 Å². The standard InChI is InChI=1S/C20H30N2O2/c1-5-9-17-12-13-22(14-18(17)21-20(2,3)4)19(23)24-15-16-10-7-6-8-11-16/h5-8,10-11,17-18,21H,1,9,12-15H2,2-4H3/t17-,18-/m1/s1. The van der Waals surface area contributed by atoms with Crippen LogP contribution < -0.4 is 5.32 Å². The lowest BCUT2D eigenvalue weighted by molar-refractivity contribution is 0.0678. The van der Waals surface area contributed by atoms with Gasteiger partial charge in [-0.05, 0) is 45.1 Å². The number of ether oxygens (including phenoxy) is 1. The van der Waals surface area contributed by atoms with Gasteiger partial charge < -0.3 is 15.0 Å². The molecule has 1 saturated heterocycles. The van der Waals surface area contributed by atoms with Gasteiger partial charge in [0.2, 0.25) is 0 Å². The molecule has 0 radical (unpaired) electrons. The molecule has 1 fully saturated rings. The van der Waals surface area contributed by atoms with Crippen LogP contribution in [-0.2, 0) is 11.3 Å². The Labute approximate surface area is 145 Å². The minimum absolute atomic E-state index is 0.0149. The van der Waals surface area contributed by atoms with Crippen LogP contribution in [0, 0.1) is 5.92 Å². The molecule has 1 heterocycles. The first-order chi connectivity index (χ1) is 11.4. The Kier molecular flexibility index (Phi) is 6.44. The van der Waals surface area contributed by atoms with E-state index in [1.54, 1.807) is 0 Å². The van der Waals surface area contributed by atoms with Crippen LogP contribution in [0.25, 0.3) is 0 Å². The molecule has 4 heteroatoms. The van der Waals surface area contributed by atoms with Crippen molar-refractivity contribution in [2.24, 2.45) is 5.92 Å². The quantitative estimate of drug-likeness (QED) is 0.830. The number of allylic oxidation sites excluding steroid dienone is 1. The summed E-state index contributed by atoms with van der Waals surface area (Å²) in [5, 5.41) is 3.65. The normalized spacial score (nSPS) is 21.4. The number of nitrogens with zero attached hydrogens (tertiary/aromatic N) is 1. The fourth-order valence-corrected chi connectivity index (χ4v) is 3.19. The van der Waals surface area contributed by atoms with Crippen LogP contribution in [0.4, 0.5) is 4.79 Å². The summed E-state index contributed by atoms with van der Waals surface area (Å²) in [6, 6.07) is 10.1. The van der Waals surface area contributed by atoms with Crippen LogP contribution in [0.2, 0.25) is 0 Å². The molecule has 0 bridgehead atoms. The third-order valence-corrected chi connectivity index (χ3v) is 4.31. The van der Waals surface area contributed by atoms with E-state index in [1.807, 2.05) is 41.3 Å². The highest BCUT2D eigenvalue weighted by atomic mass is 16.6. The molecule has 2 atom stereocenters. The predicted molar refractivity (Wildman–Crippen MR) is 97.8 cm³/mol. The van der Waals surface area contributed by atoms with Crippen molar-refractivity contribution in [1.82, 2.24) is 10.2 Å². The highest BCUT2D eigenvalue weighted by Crippen LogP contribution is 2.24. The number of likely N-dealkylation sites (tertiary alicyclic amines) is 1. The molecule has 0 aliphatic carbocycles. The Bertz CT molecular complexity index is 536. The van der Waals surface area contributed by atoms with E-state index in [0.29, 0.717) is 19.1 Å². The second kappa shape index (κ2) is 8.34. The molecule has 0 unspecified atom stereocenters. The fraction of sp³-hybridized carbons (Fsp3) is 0.550. The Morgan fingerprint density at radius 1 is 1.38 bits per heavy atom. The minimum atomic E-state index is -0.225. The average molecular weight is 330 g/mol. The second-order valence-electron chi connectivity index (χ2n) is 7.56. The highest BCUT2D eigenvalue weighted by molar-refractivity contribution is 5.67. The topological polar surface area (TPSA) is 41.6 Å². The van der Waals surface area contributed by atoms with Crippen LogP contribution in [0.15, 0.2) is 43.0 Å². The van der Waals surface area contributed by atoms with Gasteiger partial charge in [-0.2, -0.15) is 0 Å². The Hall–Kier alpha value is -1.81. The van der Waals surface area contributed by atoms with E-state index >= 15 is 0 Å². The van der Waals surface area contributed by atoms with Crippen molar-refractivity contribution in [3.63, 3.8) is 0 Å². The van der Waals surface area contributed by atoms with Gasteiger partial charge in [0.25, 0.3) is 0 Å². The number of nitrogens with one attached hydrogen (secondary N) is 1. The summed E-state index contributed by atoms with van der Waals surface area (Å²) in [6.07, 6.45) is 3.70. The van der Waals surface area contributed by atoms with Crippen molar-refractivity contribution in [3.05, 3.63) is 48.6 Å². The third-order valence-electron chi connectivity index (χ3n) is 4.31. The van der Waals surface area contributed by atoms with E-state index in [1.165, 1.54) is 0 Å². The SMILES string of the molecule is C=CC[C@@H]1CCN(C(=O)OCc2ccccc2)C[C@H]1NC(C)(C)C. The highest BCUT2D eigenvalue weighted by Gasteiger charge is 2.33. The molecule has 1 aromatic rings. The summed E-state index contributed by atoms with van der Waals surface area (Å²) < 4.78 is 5.48. The summed E-state index contributed by atoms with van der Waals surface area (Å²) >= 11 is 0. The van der Waals surface area contributed by atoms with Crippen molar-refractivity contribution in [2.75, 3.05) is 13.1 Å². The Morgan fingerprint density at radius 2 is 2.08 bits per heavy atom. The first-order valence-electron chi connectivity index (χ1n) is 8.73. The molecular formula is C20H30N2O2. The molecule has 1 amide bonds. The molecule has 1 aliphatic rings. The maximum absolute atomic E-state index is 12.4. The lowest BCUT2D eigenvalue weighted by Gasteiger charge is -2.41. The van der Waals surface area contributed by atoms with Gasteiger partial charge in [0.1, 0.15) is 6.61 Å². The number of benzene rings is 1. The van der Waals surface area contributed by atoms with Gasteiger partial charge >= 0.3 is 6.09 Å². The molecule has 1 aromatic carbocycles. The zero-order valence-electron chi connectivity index (χ0n) is 15.1. The van der Waals surface area contributed by atoms with E-state index in [-0.39, 0.29) is 17.7 Å². The van der Waals surface area contributed by atoms with Crippen molar-refractivity contribution >= 4 is 6.09 Å². The summed E-state index contributed by atoms with van der Waals surface area (Å²) in [6.45, 7) is 12.1. The maximum Gasteiger partial charge on any atom is 0.410 e. The summed E-state index contributed by atoms with van der Waals surface area (Å²) in [4.78, 5) is 14.2. The van der Waals surface area contributed by atoms with Crippen LogP contribution in [0.1, 0.15) is 39.2 Å². The molecule has 1 aliphatic heterocycles. The number of amides is 1. The van der Waals surface area contributed by atoms with E-state index in [9.17, 15) is 4.79 Å². The second-order valence-corrected chi connectivity index (χ2v) is 7.56. The van der Waals surface area contributed by atoms with Gasteiger partial charge in [-0.1, -0.05) is 36.4 Å². The van der Waals surface area contributed by atoms with E-state index in [2.05, 4.69) is 32.7 Å². The van der Waals surface area contributed by atoms with E-state index in [0.717, 1.165) is 24.9 Å².